The predicted octanol–water partition coefficient (Wildman–Crippen LogP) is 1.38. The van der Waals surface area contributed by atoms with Crippen molar-refractivity contribution in [3.05, 3.63) is 28.4 Å². The largest absolute Gasteiger partial charge is 0.496 e. The molecule has 0 aromatic heterocycles. The van der Waals surface area contributed by atoms with Crippen molar-refractivity contribution in [1.29, 1.82) is 0 Å². The molecule has 0 saturated heterocycles. The van der Waals surface area contributed by atoms with Gasteiger partial charge in [-0.05, 0) is 12.2 Å². The molecule has 1 unspecified atom stereocenters. The molecule has 0 saturated carbocycles. The van der Waals surface area contributed by atoms with Crippen LogP contribution in [-0.2, 0) is 18.6 Å². The Morgan fingerprint density at radius 3 is 2.47 bits per heavy atom. The summed E-state index contributed by atoms with van der Waals surface area (Å²) in [6, 6.07) is 0. The van der Waals surface area contributed by atoms with E-state index in [1.165, 1.54) is 19.3 Å². The third-order valence-electron chi connectivity index (χ3n) is 2.12. The number of hydrogen-bond acceptors (Lipinski definition) is 4. The minimum Gasteiger partial charge on any atom is -0.496 e. The van der Waals surface area contributed by atoms with Gasteiger partial charge in [-0.15, -0.1) is 0 Å². The van der Waals surface area contributed by atoms with Crippen LogP contribution in [0.1, 0.15) is 6.92 Å². The van der Waals surface area contributed by atoms with E-state index in [1.54, 1.807) is 12.9 Å². The van der Waals surface area contributed by atoms with Crippen LogP contribution >= 0.6 is 10.7 Å². The Labute approximate surface area is 92.3 Å². The number of hydrogen-bond donors (Lipinski definition) is 0. The van der Waals surface area contributed by atoms with Crippen LogP contribution in [0.15, 0.2) is 28.4 Å². The van der Waals surface area contributed by atoms with Crippen molar-refractivity contribution in [2.24, 2.45) is 5.92 Å². The molecule has 0 aromatic rings. The Morgan fingerprint density at radius 2 is 2.07 bits per heavy atom. The minimum absolute atomic E-state index is 0.104. The smallest absolute Gasteiger partial charge is 0.261 e. The summed E-state index contributed by atoms with van der Waals surface area (Å²) in [5.41, 5.74) is 0.232. The molecule has 1 rings (SSSR count). The van der Waals surface area contributed by atoms with E-state index < -0.39 is 15.0 Å². The van der Waals surface area contributed by atoms with Crippen LogP contribution in [-0.4, -0.2) is 21.5 Å². The molecule has 82 valence electrons. The zero-order chi connectivity index (χ0) is 11.6. The molecule has 0 fully saturated rings. The van der Waals surface area contributed by atoms with Gasteiger partial charge in [-0.25, -0.2) is 13.2 Å². The van der Waals surface area contributed by atoms with Gasteiger partial charge in [-0.2, -0.15) is 0 Å². The van der Waals surface area contributed by atoms with Gasteiger partial charge in [0, 0.05) is 22.2 Å². The van der Waals surface area contributed by atoms with Gasteiger partial charge in [0.05, 0.1) is 7.11 Å². The van der Waals surface area contributed by atoms with Gasteiger partial charge in [-0.3, -0.25) is 0 Å². The molecule has 4 nitrogen and oxygen atoms in total. The molecule has 1 atom stereocenters. The standard InChI is InChI=1S/C9H9ClO4S/c1-6-7(5-11)3-4-8(14-2)9(6)15(10,12)13/h3-4,6H,1-2H3. The minimum atomic E-state index is -3.90. The third kappa shape index (κ3) is 2.31. The van der Waals surface area contributed by atoms with Crippen molar-refractivity contribution in [2.45, 2.75) is 6.92 Å². The van der Waals surface area contributed by atoms with Gasteiger partial charge in [0.15, 0.2) is 0 Å². The predicted molar refractivity (Wildman–Crippen MR) is 56.3 cm³/mol. The van der Waals surface area contributed by atoms with Crippen molar-refractivity contribution in [1.82, 2.24) is 0 Å². The Bertz CT molecular complexity index is 480. The van der Waals surface area contributed by atoms with Crippen LogP contribution in [0.2, 0.25) is 0 Å². The van der Waals surface area contributed by atoms with Crippen LogP contribution < -0.4 is 0 Å². The topological polar surface area (TPSA) is 60.4 Å². The summed E-state index contributed by atoms with van der Waals surface area (Å²) in [5.74, 6) is 1.18. The van der Waals surface area contributed by atoms with E-state index >= 15 is 0 Å². The van der Waals surface area contributed by atoms with E-state index in [2.05, 4.69) is 0 Å². The Morgan fingerprint density at radius 1 is 1.47 bits per heavy atom. The lowest BCUT2D eigenvalue weighted by molar-refractivity contribution is 0.300. The van der Waals surface area contributed by atoms with Gasteiger partial charge < -0.3 is 4.74 Å². The van der Waals surface area contributed by atoms with E-state index in [9.17, 15) is 13.2 Å². The SMILES string of the molecule is COC1=C(S(=O)(=O)Cl)C(C)C(=C=O)C=C1. The first-order valence-electron chi connectivity index (χ1n) is 4.07. The van der Waals surface area contributed by atoms with Crippen molar-refractivity contribution < 1.29 is 17.9 Å². The highest BCUT2D eigenvalue weighted by Gasteiger charge is 2.30. The molecule has 0 bridgehead atoms. The summed E-state index contributed by atoms with van der Waals surface area (Å²) in [4.78, 5) is 10.4. The average molecular weight is 249 g/mol. The fourth-order valence-electron chi connectivity index (χ4n) is 1.37. The summed E-state index contributed by atoms with van der Waals surface area (Å²) in [6.07, 6.45) is 2.84. The molecular formula is C9H9ClO4S. The Kier molecular flexibility index (Phi) is 3.39. The summed E-state index contributed by atoms with van der Waals surface area (Å²) in [7, 11) is 2.69. The normalized spacial score (nSPS) is 21.5. The number of carbonyl (C=O) groups excluding carboxylic acids is 1. The molecular weight excluding hydrogens is 240 g/mol. The number of halogens is 1. The number of rotatable bonds is 2. The van der Waals surface area contributed by atoms with Crippen LogP contribution in [0, 0.1) is 5.92 Å². The van der Waals surface area contributed by atoms with Crippen LogP contribution in [0.25, 0.3) is 0 Å². The van der Waals surface area contributed by atoms with Crippen LogP contribution in [0.5, 0.6) is 0 Å². The molecule has 0 radical (unpaired) electrons. The van der Waals surface area contributed by atoms with Crippen molar-refractivity contribution in [3.8, 4) is 0 Å². The molecule has 0 spiro atoms. The van der Waals surface area contributed by atoms with E-state index in [4.69, 9.17) is 15.4 Å². The second-order valence-electron chi connectivity index (χ2n) is 2.98. The van der Waals surface area contributed by atoms with Gasteiger partial charge in [0.25, 0.3) is 9.05 Å². The van der Waals surface area contributed by atoms with Gasteiger partial charge in [0.1, 0.15) is 16.6 Å². The maximum absolute atomic E-state index is 11.3. The van der Waals surface area contributed by atoms with E-state index in [0.717, 1.165) is 0 Å². The summed E-state index contributed by atoms with van der Waals surface area (Å²) in [5, 5.41) is 0. The fraction of sp³-hybridized carbons (Fsp3) is 0.333. The van der Waals surface area contributed by atoms with Gasteiger partial charge in [-0.1, -0.05) is 6.92 Å². The summed E-state index contributed by atoms with van der Waals surface area (Å²) in [6.45, 7) is 1.55. The monoisotopic (exact) mass is 248 g/mol. The van der Waals surface area contributed by atoms with E-state index in [-0.39, 0.29) is 16.2 Å². The lowest BCUT2D eigenvalue weighted by atomic mass is 9.97. The molecule has 15 heavy (non-hydrogen) atoms. The van der Waals surface area contributed by atoms with Crippen LogP contribution in [0.3, 0.4) is 0 Å². The molecule has 0 aliphatic heterocycles. The maximum atomic E-state index is 11.3. The lowest BCUT2D eigenvalue weighted by Gasteiger charge is -2.18. The number of ether oxygens (including phenoxy) is 1. The first kappa shape index (κ1) is 12.0. The number of methoxy groups -OCH3 is 1. The Hall–Kier alpha value is -1.03. The number of allylic oxidation sites excluding steroid dienone is 4. The van der Waals surface area contributed by atoms with E-state index in [0.29, 0.717) is 0 Å². The fourth-order valence-corrected chi connectivity index (χ4v) is 2.94. The second kappa shape index (κ2) is 4.23. The van der Waals surface area contributed by atoms with Crippen molar-refractivity contribution in [2.75, 3.05) is 7.11 Å². The first-order chi connectivity index (χ1) is 6.91. The second-order valence-corrected chi connectivity index (χ2v) is 5.52. The first-order valence-corrected chi connectivity index (χ1v) is 6.38. The third-order valence-corrected chi connectivity index (χ3v) is 3.70. The quantitative estimate of drug-likeness (QED) is 0.547. The molecule has 6 heteroatoms. The molecule has 1 aliphatic carbocycles. The summed E-state index contributed by atoms with van der Waals surface area (Å²) >= 11 is 0. The maximum Gasteiger partial charge on any atom is 0.261 e. The highest BCUT2D eigenvalue weighted by Crippen LogP contribution is 2.33. The highest BCUT2D eigenvalue weighted by atomic mass is 35.7. The molecule has 0 amide bonds. The molecule has 0 aromatic carbocycles. The Balaban J connectivity index is 3.44. The summed E-state index contributed by atoms with van der Waals surface area (Å²) < 4.78 is 27.4. The van der Waals surface area contributed by atoms with Crippen molar-refractivity contribution in [3.63, 3.8) is 0 Å². The molecule has 0 N–H and O–H groups in total. The lowest BCUT2D eigenvalue weighted by Crippen LogP contribution is -2.15. The van der Waals surface area contributed by atoms with E-state index in [1.807, 2.05) is 0 Å². The molecule has 0 heterocycles. The molecule has 1 aliphatic rings. The average Bonchev–Trinajstić information content (AvgIpc) is 2.15. The van der Waals surface area contributed by atoms with Crippen molar-refractivity contribution >= 4 is 25.7 Å². The highest BCUT2D eigenvalue weighted by molar-refractivity contribution is 8.16. The van der Waals surface area contributed by atoms with Gasteiger partial charge in [0.2, 0.25) is 0 Å². The van der Waals surface area contributed by atoms with Crippen LogP contribution in [0.4, 0.5) is 0 Å². The zero-order valence-electron chi connectivity index (χ0n) is 8.15. The zero-order valence-corrected chi connectivity index (χ0v) is 9.72. The van der Waals surface area contributed by atoms with Gasteiger partial charge >= 0.3 is 0 Å².